The molecular weight excluding hydrogens is 841 g/mol. The first-order valence-corrected chi connectivity index (χ1v) is 29.3. The summed E-state index contributed by atoms with van der Waals surface area (Å²) in [4.78, 5) is 37.9. The summed E-state index contributed by atoms with van der Waals surface area (Å²) in [5.41, 5.74) is 0. The molecule has 0 heterocycles. The van der Waals surface area contributed by atoms with E-state index in [0.717, 1.165) is 83.5 Å². The van der Waals surface area contributed by atoms with Gasteiger partial charge in [0.05, 0.1) is 0 Å². The molecule has 0 amide bonds. The SMILES string of the molecule is CC/C=C\C/C=C\C/C=C\C/C=C\CCC(=O)OC(COC(=O)CCCCCCC/C=C\CCC)COC(=O)CCCCCCCCCCCCCCCCCCCCCCCCCCCCC. The van der Waals surface area contributed by atoms with Crippen molar-refractivity contribution >= 4 is 17.9 Å². The van der Waals surface area contributed by atoms with Gasteiger partial charge in [0.1, 0.15) is 13.2 Å². The molecule has 0 aromatic heterocycles. The summed E-state index contributed by atoms with van der Waals surface area (Å²) >= 11 is 0. The Bertz CT molecular complexity index is 1230. The van der Waals surface area contributed by atoms with Crippen molar-refractivity contribution in [2.24, 2.45) is 0 Å². The van der Waals surface area contributed by atoms with E-state index < -0.39 is 6.10 Å². The summed E-state index contributed by atoms with van der Waals surface area (Å²) in [7, 11) is 0. The minimum absolute atomic E-state index is 0.103. The van der Waals surface area contributed by atoms with Gasteiger partial charge in [0.25, 0.3) is 0 Å². The van der Waals surface area contributed by atoms with Crippen molar-refractivity contribution in [3.63, 3.8) is 0 Å². The number of hydrogen-bond donors (Lipinski definition) is 0. The van der Waals surface area contributed by atoms with Gasteiger partial charge in [-0.3, -0.25) is 14.4 Å². The topological polar surface area (TPSA) is 78.9 Å². The first kappa shape index (κ1) is 65.1. The summed E-state index contributed by atoms with van der Waals surface area (Å²) in [6.07, 6.45) is 71.2. The fraction of sp³-hybridized carbons (Fsp3) is 0.790. The van der Waals surface area contributed by atoms with Crippen molar-refractivity contribution in [3.8, 4) is 0 Å². The first-order chi connectivity index (χ1) is 33.5. The molecule has 0 aliphatic rings. The molecule has 0 N–H and O–H groups in total. The first-order valence-electron chi connectivity index (χ1n) is 29.3. The van der Waals surface area contributed by atoms with Crippen LogP contribution in [0.15, 0.2) is 60.8 Å². The molecule has 6 heteroatoms. The van der Waals surface area contributed by atoms with E-state index in [-0.39, 0.29) is 37.5 Å². The second-order valence-corrected chi connectivity index (χ2v) is 19.5. The number of ether oxygens (including phenoxy) is 3. The summed E-state index contributed by atoms with van der Waals surface area (Å²) in [5, 5.41) is 0. The normalized spacial score (nSPS) is 12.5. The predicted molar refractivity (Wildman–Crippen MR) is 293 cm³/mol. The highest BCUT2D eigenvalue weighted by Gasteiger charge is 2.19. The lowest BCUT2D eigenvalue weighted by atomic mass is 10.0. The Morgan fingerprint density at radius 3 is 1.01 bits per heavy atom. The lowest BCUT2D eigenvalue weighted by Gasteiger charge is -2.18. The van der Waals surface area contributed by atoms with Crippen molar-refractivity contribution in [2.75, 3.05) is 13.2 Å². The lowest BCUT2D eigenvalue weighted by molar-refractivity contribution is -0.166. The number of unbranched alkanes of at least 4 members (excludes halogenated alkanes) is 32. The molecular formula is C62H110O6. The third-order valence-corrected chi connectivity index (χ3v) is 12.8. The molecule has 6 nitrogen and oxygen atoms in total. The van der Waals surface area contributed by atoms with Crippen LogP contribution in [-0.4, -0.2) is 37.2 Å². The zero-order chi connectivity index (χ0) is 49.3. The van der Waals surface area contributed by atoms with Gasteiger partial charge in [-0.1, -0.05) is 274 Å². The summed E-state index contributed by atoms with van der Waals surface area (Å²) in [5.74, 6) is -0.988. The fourth-order valence-corrected chi connectivity index (χ4v) is 8.40. The molecule has 0 saturated heterocycles. The van der Waals surface area contributed by atoms with Gasteiger partial charge in [0.2, 0.25) is 0 Å². The monoisotopic (exact) mass is 951 g/mol. The number of carbonyl (C=O) groups is 3. The number of allylic oxidation sites excluding steroid dienone is 10. The van der Waals surface area contributed by atoms with Gasteiger partial charge >= 0.3 is 17.9 Å². The quantitative estimate of drug-likeness (QED) is 0.0262. The Labute approximate surface area is 421 Å². The fourth-order valence-electron chi connectivity index (χ4n) is 8.40. The van der Waals surface area contributed by atoms with E-state index in [9.17, 15) is 14.4 Å². The lowest BCUT2D eigenvalue weighted by Crippen LogP contribution is -2.30. The number of carbonyl (C=O) groups excluding carboxylic acids is 3. The van der Waals surface area contributed by atoms with Crippen LogP contribution in [0.2, 0.25) is 0 Å². The van der Waals surface area contributed by atoms with Gasteiger partial charge in [-0.15, -0.1) is 0 Å². The minimum Gasteiger partial charge on any atom is -0.462 e. The van der Waals surface area contributed by atoms with Crippen molar-refractivity contribution in [1.29, 1.82) is 0 Å². The molecule has 0 spiro atoms. The zero-order valence-corrected chi connectivity index (χ0v) is 45.1. The average molecular weight is 952 g/mol. The Morgan fingerprint density at radius 2 is 0.632 bits per heavy atom. The third kappa shape index (κ3) is 54.1. The minimum atomic E-state index is -0.813. The maximum Gasteiger partial charge on any atom is 0.306 e. The smallest absolute Gasteiger partial charge is 0.306 e. The second kappa shape index (κ2) is 56.7. The molecule has 1 unspecified atom stereocenters. The molecule has 0 saturated carbocycles. The second-order valence-electron chi connectivity index (χ2n) is 19.5. The third-order valence-electron chi connectivity index (χ3n) is 12.8. The van der Waals surface area contributed by atoms with Crippen LogP contribution in [0.25, 0.3) is 0 Å². The molecule has 394 valence electrons. The van der Waals surface area contributed by atoms with E-state index >= 15 is 0 Å². The van der Waals surface area contributed by atoms with E-state index in [4.69, 9.17) is 14.2 Å². The van der Waals surface area contributed by atoms with Crippen molar-refractivity contribution < 1.29 is 28.6 Å². The molecule has 0 rings (SSSR count). The van der Waals surface area contributed by atoms with Crippen LogP contribution in [-0.2, 0) is 28.6 Å². The van der Waals surface area contributed by atoms with Gasteiger partial charge in [-0.2, -0.15) is 0 Å². The Kier molecular flexibility index (Phi) is 54.3. The van der Waals surface area contributed by atoms with E-state index in [1.807, 2.05) is 12.2 Å². The maximum absolute atomic E-state index is 12.8. The molecule has 0 aliphatic carbocycles. The molecule has 0 aromatic carbocycles. The van der Waals surface area contributed by atoms with Crippen molar-refractivity contribution in [2.45, 2.75) is 303 Å². The molecule has 0 aliphatic heterocycles. The van der Waals surface area contributed by atoms with Gasteiger partial charge < -0.3 is 14.2 Å². The molecule has 68 heavy (non-hydrogen) atoms. The summed E-state index contributed by atoms with van der Waals surface area (Å²) in [6, 6.07) is 0. The maximum atomic E-state index is 12.8. The van der Waals surface area contributed by atoms with Crippen LogP contribution in [0.3, 0.4) is 0 Å². The van der Waals surface area contributed by atoms with Gasteiger partial charge in [0.15, 0.2) is 6.10 Å². The average Bonchev–Trinajstić information content (AvgIpc) is 3.34. The standard InChI is InChI=1S/C62H110O6/c1-4-7-10-13-16-19-22-24-25-26-27-28-29-30-31-32-33-34-35-36-37-39-40-43-46-49-52-55-61(64)67-58-59(57-66-60(63)54-51-48-45-42-21-18-15-12-9-6-3)68-62(65)56-53-50-47-44-41-38-23-20-17-14-11-8-5-2/h8,11-12,15,17,20,38,41,47,50,59H,4-7,9-10,13-14,16,18-19,21-37,39-40,42-46,48-49,51-58H2,1-3H3/b11-8-,15-12-,20-17-,41-38-,50-47-. The Hall–Kier alpha value is -2.89. The number of rotatable bonds is 53. The Morgan fingerprint density at radius 1 is 0.309 bits per heavy atom. The van der Waals surface area contributed by atoms with E-state index in [0.29, 0.717) is 19.3 Å². The highest BCUT2D eigenvalue weighted by Crippen LogP contribution is 2.17. The zero-order valence-electron chi connectivity index (χ0n) is 45.1. The van der Waals surface area contributed by atoms with Crippen LogP contribution >= 0.6 is 0 Å². The van der Waals surface area contributed by atoms with E-state index in [1.54, 1.807) is 0 Å². The summed E-state index contributed by atoms with van der Waals surface area (Å²) < 4.78 is 16.7. The van der Waals surface area contributed by atoms with Crippen molar-refractivity contribution in [1.82, 2.24) is 0 Å². The van der Waals surface area contributed by atoms with E-state index in [2.05, 4.69) is 69.4 Å². The molecule has 0 fully saturated rings. The van der Waals surface area contributed by atoms with Crippen molar-refractivity contribution in [3.05, 3.63) is 60.8 Å². The number of esters is 3. The van der Waals surface area contributed by atoms with Crippen LogP contribution in [0, 0.1) is 0 Å². The predicted octanol–water partition coefficient (Wildman–Crippen LogP) is 19.6. The highest BCUT2D eigenvalue weighted by molar-refractivity contribution is 5.71. The van der Waals surface area contributed by atoms with Crippen LogP contribution in [0.4, 0.5) is 0 Å². The van der Waals surface area contributed by atoms with Crippen LogP contribution in [0.1, 0.15) is 297 Å². The number of hydrogen-bond acceptors (Lipinski definition) is 6. The van der Waals surface area contributed by atoms with Gasteiger partial charge in [-0.05, 0) is 64.2 Å². The molecule has 0 aromatic rings. The molecule has 0 bridgehead atoms. The molecule has 1 atom stereocenters. The molecule has 0 radical (unpaired) electrons. The van der Waals surface area contributed by atoms with E-state index in [1.165, 1.54) is 167 Å². The summed E-state index contributed by atoms with van der Waals surface area (Å²) in [6.45, 7) is 6.42. The largest absolute Gasteiger partial charge is 0.462 e. The highest BCUT2D eigenvalue weighted by atomic mass is 16.6. The Balaban J connectivity index is 4.16. The van der Waals surface area contributed by atoms with Crippen LogP contribution in [0.5, 0.6) is 0 Å². The van der Waals surface area contributed by atoms with Crippen LogP contribution < -0.4 is 0 Å². The van der Waals surface area contributed by atoms with Gasteiger partial charge in [-0.25, -0.2) is 0 Å². The van der Waals surface area contributed by atoms with Gasteiger partial charge in [0, 0.05) is 19.3 Å².